The van der Waals surface area contributed by atoms with Gasteiger partial charge in [0.15, 0.2) is 0 Å². The molecule has 0 saturated carbocycles. The Morgan fingerprint density at radius 2 is 0.847 bits per heavy atom. The molecule has 0 fully saturated rings. The average molecular weight is 785 g/mol. The van der Waals surface area contributed by atoms with Gasteiger partial charge >= 0.3 is 0 Å². The molecule has 59 heavy (non-hydrogen) atoms. The Morgan fingerprint density at radius 1 is 0.424 bits per heavy atom. The van der Waals surface area contributed by atoms with Gasteiger partial charge in [-0.15, -0.1) is 0 Å². The van der Waals surface area contributed by atoms with Gasteiger partial charge < -0.3 is 30.6 Å². The SMILES string of the molecule is CC(C)(C)c1cc2ccc3c(-c4ccc(CCCCc5cc(CO)c(O)c(CO)c5)cc4)cc(-c4ccc(Cc5cc(CO)c(O)c(CO)c5)cc4)c4ccc(c1)c2c34. The zero-order chi connectivity index (χ0) is 41.4. The summed E-state index contributed by atoms with van der Waals surface area (Å²) >= 11 is 0. The molecule has 0 radical (unpaired) electrons. The summed E-state index contributed by atoms with van der Waals surface area (Å²) in [5.74, 6) is -0.0793. The van der Waals surface area contributed by atoms with Crippen LogP contribution in [0, 0.1) is 0 Å². The van der Waals surface area contributed by atoms with Crippen LogP contribution >= 0.6 is 0 Å². The highest BCUT2D eigenvalue weighted by molar-refractivity contribution is 6.28. The maximum absolute atomic E-state index is 10.4. The van der Waals surface area contributed by atoms with Crippen molar-refractivity contribution in [2.45, 2.75) is 84.7 Å². The minimum absolute atomic E-state index is 0.0160. The van der Waals surface area contributed by atoms with Gasteiger partial charge in [0.25, 0.3) is 0 Å². The molecule has 0 aliphatic heterocycles. The Bertz CT molecular complexity index is 2710. The number of aryl methyl sites for hydroxylation is 2. The van der Waals surface area contributed by atoms with Gasteiger partial charge in [-0.1, -0.05) is 106 Å². The molecule has 0 aromatic heterocycles. The monoisotopic (exact) mass is 784 g/mol. The first-order valence-corrected chi connectivity index (χ1v) is 20.5. The first kappa shape index (κ1) is 40.0. The zero-order valence-electron chi connectivity index (χ0n) is 34.0. The maximum Gasteiger partial charge on any atom is 0.126 e. The molecule has 8 aromatic rings. The molecule has 0 aliphatic carbocycles. The normalized spacial score (nSPS) is 12.1. The fourth-order valence-corrected chi connectivity index (χ4v) is 8.77. The summed E-state index contributed by atoms with van der Waals surface area (Å²) in [6.07, 6.45) is 4.25. The van der Waals surface area contributed by atoms with E-state index in [4.69, 9.17) is 0 Å². The molecule has 0 aliphatic rings. The van der Waals surface area contributed by atoms with Crippen LogP contribution in [0.4, 0.5) is 0 Å². The molecule has 6 heteroatoms. The quantitative estimate of drug-likeness (QED) is 0.0511. The Morgan fingerprint density at radius 3 is 1.29 bits per heavy atom. The van der Waals surface area contributed by atoms with E-state index in [1.54, 1.807) is 12.1 Å². The van der Waals surface area contributed by atoms with E-state index in [2.05, 4.69) is 112 Å². The molecule has 0 saturated heterocycles. The highest BCUT2D eigenvalue weighted by Gasteiger charge is 2.21. The minimum atomic E-state index is -0.300. The van der Waals surface area contributed by atoms with E-state index in [0.29, 0.717) is 28.7 Å². The van der Waals surface area contributed by atoms with Crippen LogP contribution in [-0.2, 0) is 51.1 Å². The molecule has 0 bridgehead atoms. The van der Waals surface area contributed by atoms with Crippen molar-refractivity contribution in [2.75, 3.05) is 0 Å². The number of hydrogen-bond donors (Lipinski definition) is 6. The van der Waals surface area contributed by atoms with Crippen LogP contribution in [-0.4, -0.2) is 30.6 Å². The summed E-state index contributed by atoms with van der Waals surface area (Å²) in [4.78, 5) is 0. The third kappa shape index (κ3) is 7.89. The van der Waals surface area contributed by atoms with E-state index in [1.807, 2.05) is 12.1 Å². The predicted octanol–water partition coefficient (Wildman–Crippen LogP) is 10.8. The zero-order valence-corrected chi connectivity index (χ0v) is 34.0. The number of rotatable bonds is 13. The molecule has 0 atom stereocenters. The molecular formula is C53H52O6. The number of benzene rings is 8. The third-order valence-corrected chi connectivity index (χ3v) is 12.0. The minimum Gasteiger partial charge on any atom is -0.507 e. The Balaban J connectivity index is 1.13. The second-order valence-electron chi connectivity index (χ2n) is 17.1. The lowest BCUT2D eigenvalue weighted by atomic mass is 9.81. The van der Waals surface area contributed by atoms with Crippen molar-refractivity contribution in [3.8, 4) is 33.8 Å². The van der Waals surface area contributed by atoms with Crippen molar-refractivity contribution in [3.63, 3.8) is 0 Å². The van der Waals surface area contributed by atoms with Crippen LogP contribution < -0.4 is 0 Å². The fourth-order valence-electron chi connectivity index (χ4n) is 8.77. The molecular weight excluding hydrogens is 733 g/mol. The van der Waals surface area contributed by atoms with Crippen LogP contribution in [0.5, 0.6) is 11.5 Å². The molecule has 0 amide bonds. The molecule has 0 heterocycles. The number of aromatic hydroxyl groups is 2. The molecule has 6 nitrogen and oxygen atoms in total. The van der Waals surface area contributed by atoms with Crippen LogP contribution in [0.15, 0.2) is 115 Å². The maximum atomic E-state index is 10.4. The second-order valence-corrected chi connectivity index (χ2v) is 17.1. The molecule has 8 aromatic carbocycles. The van der Waals surface area contributed by atoms with Crippen molar-refractivity contribution in [2.24, 2.45) is 0 Å². The molecule has 300 valence electrons. The van der Waals surface area contributed by atoms with Gasteiger partial charge in [-0.05, 0) is 150 Å². The van der Waals surface area contributed by atoms with Gasteiger partial charge in [0.1, 0.15) is 11.5 Å². The molecule has 0 spiro atoms. The first-order valence-electron chi connectivity index (χ1n) is 20.5. The van der Waals surface area contributed by atoms with E-state index >= 15 is 0 Å². The first-order chi connectivity index (χ1) is 28.5. The smallest absolute Gasteiger partial charge is 0.126 e. The Hall–Kier alpha value is -5.76. The lowest BCUT2D eigenvalue weighted by Gasteiger charge is -2.23. The van der Waals surface area contributed by atoms with Crippen LogP contribution in [0.3, 0.4) is 0 Å². The van der Waals surface area contributed by atoms with Crippen molar-refractivity contribution in [1.29, 1.82) is 0 Å². The topological polar surface area (TPSA) is 121 Å². The molecule has 8 rings (SSSR count). The van der Waals surface area contributed by atoms with E-state index in [0.717, 1.165) is 59.1 Å². The summed E-state index contributed by atoms with van der Waals surface area (Å²) in [7, 11) is 0. The summed E-state index contributed by atoms with van der Waals surface area (Å²) in [5, 5.41) is 67.0. The molecule has 0 unspecified atom stereocenters. The van der Waals surface area contributed by atoms with E-state index < -0.39 is 0 Å². The number of aliphatic hydroxyl groups excluding tert-OH is 4. The van der Waals surface area contributed by atoms with E-state index in [9.17, 15) is 30.6 Å². The van der Waals surface area contributed by atoms with Crippen molar-refractivity contribution in [1.82, 2.24) is 0 Å². The summed E-state index contributed by atoms with van der Waals surface area (Å²) in [6.45, 7) is 5.66. The van der Waals surface area contributed by atoms with Gasteiger partial charge in [0.05, 0.1) is 26.4 Å². The number of unbranched alkanes of at least 4 members (excludes halogenated alkanes) is 1. The summed E-state index contributed by atoms with van der Waals surface area (Å²) < 4.78 is 0. The van der Waals surface area contributed by atoms with Crippen molar-refractivity contribution in [3.05, 3.63) is 165 Å². The largest absolute Gasteiger partial charge is 0.507 e. The lowest BCUT2D eigenvalue weighted by Crippen LogP contribution is -2.10. The number of aliphatic hydroxyl groups is 4. The van der Waals surface area contributed by atoms with Crippen LogP contribution in [0.1, 0.15) is 83.7 Å². The highest BCUT2D eigenvalue weighted by Crippen LogP contribution is 2.45. The predicted molar refractivity (Wildman–Crippen MR) is 239 cm³/mol. The van der Waals surface area contributed by atoms with Gasteiger partial charge in [0, 0.05) is 22.3 Å². The summed E-state index contributed by atoms with van der Waals surface area (Å²) in [5.41, 5.74) is 11.9. The Kier molecular flexibility index (Phi) is 11.2. The number of phenols is 2. The van der Waals surface area contributed by atoms with Gasteiger partial charge in [-0.2, -0.15) is 0 Å². The Labute approximate surface area is 345 Å². The van der Waals surface area contributed by atoms with Gasteiger partial charge in [-0.3, -0.25) is 0 Å². The second kappa shape index (κ2) is 16.5. The van der Waals surface area contributed by atoms with Gasteiger partial charge in [-0.25, -0.2) is 0 Å². The lowest BCUT2D eigenvalue weighted by molar-refractivity contribution is 0.263. The number of hydrogen-bond acceptors (Lipinski definition) is 6. The fraction of sp³-hybridized carbons (Fsp3) is 0.245. The van der Waals surface area contributed by atoms with E-state index in [1.165, 1.54) is 49.0 Å². The standard InChI is InChI=1S/C53H52O6/c1-53(2,3)44-25-38-16-18-45-47(36-12-8-32(9-13-36)6-4-5-7-34-21-40(28-54)51(58)41(22-34)29-55)27-48(46-19-17-39(26-44)49(38)50(45)46)37-14-10-33(11-15-37)20-35-23-42(30-56)52(59)43(24-35)31-57/h8-19,21-27,54-59H,4-7,20,28-31H2,1-3H3. The van der Waals surface area contributed by atoms with Crippen LogP contribution in [0.25, 0.3) is 54.6 Å². The van der Waals surface area contributed by atoms with E-state index in [-0.39, 0.29) is 43.3 Å². The van der Waals surface area contributed by atoms with Gasteiger partial charge in [0.2, 0.25) is 0 Å². The summed E-state index contributed by atoms with van der Waals surface area (Å²) in [6, 6.07) is 41.0. The van der Waals surface area contributed by atoms with Crippen LogP contribution in [0.2, 0.25) is 0 Å². The average Bonchev–Trinajstić information content (AvgIpc) is 3.25. The van der Waals surface area contributed by atoms with Crippen molar-refractivity contribution < 1.29 is 30.6 Å². The third-order valence-electron chi connectivity index (χ3n) is 12.0. The highest BCUT2D eigenvalue weighted by atomic mass is 16.3. The van der Waals surface area contributed by atoms with Crippen molar-refractivity contribution >= 4 is 32.3 Å². The molecule has 6 N–H and O–H groups in total.